The predicted molar refractivity (Wildman–Crippen MR) is 85.1 cm³/mol. The lowest BCUT2D eigenvalue weighted by Crippen LogP contribution is -2.58. The normalized spacial score (nSPS) is 61.2. The molecule has 0 aliphatic heterocycles. The van der Waals surface area contributed by atoms with Crippen LogP contribution in [0.4, 0.5) is 0 Å². The molecule has 0 aromatic carbocycles. The van der Waals surface area contributed by atoms with Gasteiger partial charge in [0.05, 0.1) is 18.3 Å². The summed E-state index contributed by atoms with van der Waals surface area (Å²) in [5.41, 5.74) is 0.317. The quantitative estimate of drug-likeness (QED) is 0.645. The van der Waals surface area contributed by atoms with Crippen molar-refractivity contribution in [1.82, 2.24) is 0 Å². The molecule has 22 heavy (non-hydrogen) atoms. The summed E-state index contributed by atoms with van der Waals surface area (Å²) in [6.07, 6.45) is 7.45. The lowest BCUT2D eigenvalue weighted by Gasteiger charge is -2.62. The Balaban J connectivity index is 1.67. The Morgan fingerprint density at radius 3 is 2.23 bits per heavy atom. The van der Waals surface area contributed by atoms with Crippen LogP contribution in [0, 0.1) is 34.5 Å². The van der Waals surface area contributed by atoms with Crippen LogP contribution in [0.1, 0.15) is 65.2 Å². The van der Waals surface area contributed by atoms with Gasteiger partial charge in [-0.25, -0.2) is 0 Å². The molecule has 0 amide bonds. The summed E-state index contributed by atoms with van der Waals surface area (Å²) in [5, 5.41) is 31.5. The third-order valence-electron chi connectivity index (χ3n) is 8.61. The molecule has 0 saturated heterocycles. The van der Waals surface area contributed by atoms with Gasteiger partial charge in [0.1, 0.15) is 0 Å². The molecule has 126 valence electrons. The van der Waals surface area contributed by atoms with Gasteiger partial charge in [0, 0.05) is 0 Å². The van der Waals surface area contributed by atoms with Crippen molar-refractivity contribution in [2.24, 2.45) is 34.5 Å². The fourth-order valence-corrected chi connectivity index (χ4v) is 7.17. The summed E-state index contributed by atoms with van der Waals surface area (Å²) in [5.74, 6) is 1.91. The molecule has 0 aromatic rings. The number of aliphatic hydroxyl groups is 3. The third-order valence-corrected chi connectivity index (χ3v) is 8.61. The second-order valence-corrected chi connectivity index (χ2v) is 9.36. The number of rotatable bonds is 0. The van der Waals surface area contributed by atoms with Crippen LogP contribution in [0.2, 0.25) is 0 Å². The van der Waals surface area contributed by atoms with Gasteiger partial charge in [0.25, 0.3) is 0 Å². The summed E-state index contributed by atoms with van der Waals surface area (Å²) < 4.78 is 0. The van der Waals surface area contributed by atoms with Gasteiger partial charge in [-0.3, -0.25) is 0 Å². The molecule has 4 unspecified atom stereocenters. The molecule has 3 nitrogen and oxygen atoms in total. The van der Waals surface area contributed by atoms with Crippen molar-refractivity contribution in [3.05, 3.63) is 0 Å². The maximum Gasteiger partial charge on any atom is 0.0596 e. The van der Waals surface area contributed by atoms with Crippen molar-refractivity contribution in [3.8, 4) is 0 Å². The molecule has 4 saturated carbocycles. The van der Waals surface area contributed by atoms with Crippen LogP contribution in [0.5, 0.6) is 0 Å². The van der Waals surface area contributed by atoms with Crippen molar-refractivity contribution in [3.63, 3.8) is 0 Å². The Labute approximate surface area is 134 Å². The largest absolute Gasteiger partial charge is 0.393 e. The van der Waals surface area contributed by atoms with Gasteiger partial charge in [-0.2, -0.15) is 0 Å². The molecular weight excluding hydrogens is 276 g/mol. The number of hydrogen-bond donors (Lipinski definition) is 3. The van der Waals surface area contributed by atoms with Crippen molar-refractivity contribution < 1.29 is 15.3 Å². The smallest absolute Gasteiger partial charge is 0.0596 e. The van der Waals surface area contributed by atoms with Crippen LogP contribution in [0.25, 0.3) is 0 Å². The van der Waals surface area contributed by atoms with Gasteiger partial charge >= 0.3 is 0 Å². The molecule has 4 aliphatic rings. The van der Waals surface area contributed by atoms with E-state index in [2.05, 4.69) is 13.8 Å². The minimum atomic E-state index is -0.233. The predicted octanol–water partition coefficient (Wildman–Crippen LogP) is 2.72. The van der Waals surface area contributed by atoms with Gasteiger partial charge in [0.2, 0.25) is 0 Å². The lowest BCUT2D eigenvalue weighted by atomic mass is 9.44. The lowest BCUT2D eigenvalue weighted by molar-refractivity contribution is -0.176. The number of fused-ring (bicyclic) bond motifs is 5. The topological polar surface area (TPSA) is 60.7 Å². The minimum absolute atomic E-state index is 0.0273. The molecule has 4 fully saturated rings. The van der Waals surface area contributed by atoms with Crippen LogP contribution in [-0.2, 0) is 0 Å². The standard InChI is InChI=1S/C19H32O3/c1-18-7-5-12(20)9-11(18)10-15(21)17-13-3-4-16(22)19(13,2)8-6-14(17)18/h11-17,20-22H,3-10H2,1-2H3/t11?,12-,13?,14?,15+,16+,17?,18-,19-/m0/s1. The maximum atomic E-state index is 10.9. The zero-order valence-electron chi connectivity index (χ0n) is 14.0. The summed E-state index contributed by atoms with van der Waals surface area (Å²) in [7, 11) is 0. The van der Waals surface area contributed by atoms with Crippen LogP contribution in [-0.4, -0.2) is 33.6 Å². The Morgan fingerprint density at radius 1 is 0.773 bits per heavy atom. The fourth-order valence-electron chi connectivity index (χ4n) is 7.17. The summed E-state index contributed by atoms with van der Waals surface area (Å²) in [6.45, 7) is 4.69. The highest BCUT2D eigenvalue weighted by molar-refractivity contribution is 5.11. The SMILES string of the molecule is C[C@]12CC[C@H](O)CC1C[C@@H](O)C1C2CC[C@@]2(C)C1CC[C@H]2O. The van der Waals surface area contributed by atoms with Crippen molar-refractivity contribution in [2.45, 2.75) is 83.5 Å². The molecule has 0 radical (unpaired) electrons. The molecular formula is C19H32O3. The Kier molecular flexibility index (Phi) is 3.46. The second-order valence-electron chi connectivity index (χ2n) is 9.36. The van der Waals surface area contributed by atoms with Crippen molar-refractivity contribution >= 4 is 0 Å². The molecule has 4 rings (SSSR count). The van der Waals surface area contributed by atoms with Crippen LogP contribution < -0.4 is 0 Å². The van der Waals surface area contributed by atoms with Gasteiger partial charge in [-0.05, 0) is 85.9 Å². The molecule has 0 spiro atoms. The maximum absolute atomic E-state index is 10.9. The monoisotopic (exact) mass is 308 g/mol. The fraction of sp³-hybridized carbons (Fsp3) is 1.00. The highest BCUT2D eigenvalue weighted by Gasteiger charge is 2.62. The van der Waals surface area contributed by atoms with E-state index in [0.717, 1.165) is 51.4 Å². The molecule has 0 bridgehead atoms. The average molecular weight is 308 g/mol. The van der Waals surface area contributed by atoms with E-state index in [-0.39, 0.29) is 29.1 Å². The first-order chi connectivity index (χ1) is 10.4. The Hall–Kier alpha value is -0.120. The van der Waals surface area contributed by atoms with E-state index in [4.69, 9.17) is 0 Å². The summed E-state index contributed by atoms with van der Waals surface area (Å²) in [6, 6.07) is 0. The third kappa shape index (κ3) is 1.91. The van der Waals surface area contributed by atoms with E-state index in [0.29, 0.717) is 23.7 Å². The first kappa shape index (κ1) is 15.4. The second kappa shape index (κ2) is 4.94. The van der Waals surface area contributed by atoms with Gasteiger partial charge < -0.3 is 15.3 Å². The van der Waals surface area contributed by atoms with Crippen LogP contribution in [0.3, 0.4) is 0 Å². The Bertz CT molecular complexity index is 452. The van der Waals surface area contributed by atoms with E-state index in [9.17, 15) is 15.3 Å². The zero-order valence-corrected chi connectivity index (χ0v) is 14.0. The molecule has 3 N–H and O–H groups in total. The van der Waals surface area contributed by atoms with E-state index in [1.807, 2.05) is 0 Å². The van der Waals surface area contributed by atoms with E-state index < -0.39 is 0 Å². The first-order valence-corrected chi connectivity index (χ1v) is 9.40. The Morgan fingerprint density at radius 2 is 1.45 bits per heavy atom. The van der Waals surface area contributed by atoms with Crippen molar-refractivity contribution in [2.75, 3.05) is 0 Å². The number of aliphatic hydroxyl groups excluding tert-OH is 3. The van der Waals surface area contributed by atoms with E-state index in [1.165, 1.54) is 0 Å². The molecule has 0 heterocycles. The summed E-state index contributed by atoms with van der Waals surface area (Å²) in [4.78, 5) is 0. The highest BCUT2D eigenvalue weighted by atomic mass is 16.3. The van der Waals surface area contributed by atoms with Gasteiger partial charge in [-0.1, -0.05) is 13.8 Å². The van der Waals surface area contributed by atoms with E-state index in [1.54, 1.807) is 0 Å². The van der Waals surface area contributed by atoms with Crippen molar-refractivity contribution in [1.29, 1.82) is 0 Å². The van der Waals surface area contributed by atoms with Crippen LogP contribution in [0.15, 0.2) is 0 Å². The number of hydrogen-bond acceptors (Lipinski definition) is 3. The van der Waals surface area contributed by atoms with Gasteiger partial charge in [-0.15, -0.1) is 0 Å². The minimum Gasteiger partial charge on any atom is -0.393 e. The molecule has 0 aromatic heterocycles. The van der Waals surface area contributed by atoms with E-state index >= 15 is 0 Å². The van der Waals surface area contributed by atoms with Crippen LogP contribution >= 0.6 is 0 Å². The molecule has 4 aliphatic carbocycles. The average Bonchev–Trinajstić information content (AvgIpc) is 2.77. The highest BCUT2D eigenvalue weighted by Crippen LogP contribution is 2.66. The molecule has 3 heteroatoms. The zero-order chi connectivity index (χ0) is 15.7. The summed E-state index contributed by atoms with van der Waals surface area (Å²) >= 11 is 0. The molecule has 9 atom stereocenters. The first-order valence-electron chi connectivity index (χ1n) is 9.40. The van der Waals surface area contributed by atoms with Gasteiger partial charge in [0.15, 0.2) is 0 Å².